The number of hydrogen-bond acceptors (Lipinski definition) is 5. The zero-order valence-electron chi connectivity index (χ0n) is 13.8. The van der Waals surface area contributed by atoms with E-state index in [9.17, 15) is 4.79 Å². The largest absolute Gasteiger partial charge is 0.463 e. The summed E-state index contributed by atoms with van der Waals surface area (Å²) in [6.07, 6.45) is 1.59. The zero-order valence-corrected chi connectivity index (χ0v) is 14.6. The number of furan rings is 1. The molecule has 1 amide bonds. The molecule has 2 aromatic heterocycles. The van der Waals surface area contributed by atoms with Gasteiger partial charge in [0, 0.05) is 11.1 Å². The zero-order chi connectivity index (χ0) is 17.8. The Kier molecular flexibility index (Phi) is 4.66. The van der Waals surface area contributed by atoms with E-state index in [1.165, 1.54) is 11.8 Å². The average molecular weight is 361 g/mol. The smallest absolute Gasteiger partial charge is 0.234 e. The van der Waals surface area contributed by atoms with Gasteiger partial charge in [-0.25, -0.2) is 0 Å². The van der Waals surface area contributed by atoms with Gasteiger partial charge in [0.05, 0.1) is 12.0 Å². The first-order valence-electron chi connectivity index (χ1n) is 8.07. The van der Waals surface area contributed by atoms with E-state index < -0.39 is 0 Å². The van der Waals surface area contributed by atoms with Gasteiger partial charge in [0.1, 0.15) is 10.7 Å². The van der Waals surface area contributed by atoms with Crippen molar-refractivity contribution in [2.45, 2.75) is 5.03 Å². The number of hydrogen-bond donors (Lipinski definition) is 1. The Morgan fingerprint density at radius 1 is 0.962 bits per heavy atom. The molecule has 128 valence electrons. The van der Waals surface area contributed by atoms with E-state index in [-0.39, 0.29) is 11.7 Å². The molecule has 0 aliphatic carbocycles. The Hall–Kier alpha value is -3.12. The van der Waals surface area contributed by atoms with Crippen LogP contribution in [0.1, 0.15) is 0 Å². The molecule has 1 N–H and O–H groups in total. The van der Waals surface area contributed by atoms with Gasteiger partial charge < -0.3 is 9.73 Å². The number of anilines is 1. The second kappa shape index (κ2) is 7.41. The first-order valence-corrected chi connectivity index (χ1v) is 9.06. The van der Waals surface area contributed by atoms with Gasteiger partial charge >= 0.3 is 0 Å². The predicted molar refractivity (Wildman–Crippen MR) is 103 cm³/mol. The lowest BCUT2D eigenvalue weighted by Crippen LogP contribution is -2.14. The topological polar surface area (TPSA) is 68.0 Å². The van der Waals surface area contributed by atoms with Gasteiger partial charge in [-0.1, -0.05) is 48.2 Å². The van der Waals surface area contributed by atoms with Gasteiger partial charge in [0.15, 0.2) is 5.76 Å². The number of carbonyl (C=O) groups excluding carboxylic acids is 1. The lowest BCUT2D eigenvalue weighted by molar-refractivity contribution is -0.113. The van der Waals surface area contributed by atoms with Crippen LogP contribution in [0.2, 0.25) is 0 Å². The number of carbonyl (C=O) groups is 1. The molecule has 0 atom stereocenters. The predicted octanol–water partition coefficient (Wildman–Crippen LogP) is 4.62. The summed E-state index contributed by atoms with van der Waals surface area (Å²) in [7, 11) is 0. The van der Waals surface area contributed by atoms with Crippen LogP contribution >= 0.6 is 11.8 Å². The van der Waals surface area contributed by atoms with Crippen molar-refractivity contribution in [2.75, 3.05) is 11.1 Å². The Morgan fingerprint density at radius 2 is 1.85 bits per heavy atom. The van der Waals surface area contributed by atoms with Crippen LogP contribution in [-0.4, -0.2) is 21.9 Å². The van der Waals surface area contributed by atoms with Gasteiger partial charge in [-0.05, 0) is 35.7 Å². The third-order valence-electron chi connectivity index (χ3n) is 3.83. The second-order valence-corrected chi connectivity index (χ2v) is 6.59. The summed E-state index contributed by atoms with van der Waals surface area (Å²) in [5.74, 6) is 0.851. The highest BCUT2D eigenvalue weighted by Gasteiger charge is 2.08. The van der Waals surface area contributed by atoms with E-state index in [1.54, 1.807) is 12.3 Å². The van der Waals surface area contributed by atoms with Gasteiger partial charge in [-0.3, -0.25) is 4.79 Å². The first-order chi connectivity index (χ1) is 12.8. The number of aromatic nitrogens is 2. The van der Waals surface area contributed by atoms with E-state index in [1.807, 2.05) is 60.7 Å². The lowest BCUT2D eigenvalue weighted by atomic mass is 10.1. The van der Waals surface area contributed by atoms with Crippen molar-refractivity contribution in [3.8, 4) is 11.5 Å². The summed E-state index contributed by atoms with van der Waals surface area (Å²) in [6.45, 7) is 0. The summed E-state index contributed by atoms with van der Waals surface area (Å²) in [5, 5.41) is 14.0. The molecular weight excluding hydrogens is 346 g/mol. The van der Waals surface area contributed by atoms with Crippen molar-refractivity contribution in [1.82, 2.24) is 10.2 Å². The summed E-state index contributed by atoms with van der Waals surface area (Å²) in [6, 6.07) is 21.1. The summed E-state index contributed by atoms with van der Waals surface area (Å²) < 4.78 is 5.29. The molecule has 2 heterocycles. The van der Waals surface area contributed by atoms with Crippen molar-refractivity contribution >= 4 is 34.1 Å². The van der Waals surface area contributed by atoms with Gasteiger partial charge in [-0.15, -0.1) is 10.2 Å². The number of nitrogens with one attached hydrogen (secondary N) is 1. The molecule has 4 aromatic rings. The summed E-state index contributed by atoms with van der Waals surface area (Å²) in [4.78, 5) is 12.3. The van der Waals surface area contributed by atoms with Crippen molar-refractivity contribution in [1.29, 1.82) is 0 Å². The molecule has 0 fully saturated rings. The molecule has 0 spiro atoms. The van der Waals surface area contributed by atoms with E-state index in [0.29, 0.717) is 16.5 Å². The van der Waals surface area contributed by atoms with Crippen LogP contribution in [0.25, 0.3) is 22.2 Å². The highest BCUT2D eigenvalue weighted by molar-refractivity contribution is 7.99. The molecule has 26 heavy (non-hydrogen) atoms. The number of thioether (sulfide) groups is 1. The van der Waals surface area contributed by atoms with Crippen molar-refractivity contribution in [3.05, 3.63) is 73.0 Å². The van der Waals surface area contributed by atoms with Crippen molar-refractivity contribution < 1.29 is 9.21 Å². The SMILES string of the molecule is O=C(CSc1ccc(-c2ccco2)nn1)Nc1cccc2ccccc12. The number of fused-ring (bicyclic) bond motifs is 1. The Balaban J connectivity index is 1.39. The van der Waals surface area contributed by atoms with Crippen LogP contribution in [0.15, 0.2) is 82.4 Å². The average Bonchev–Trinajstić information content (AvgIpc) is 3.22. The van der Waals surface area contributed by atoms with E-state index in [0.717, 1.165) is 16.5 Å². The minimum absolute atomic E-state index is 0.0803. The molecule has 5 nitrogen and oxygen atoms in total. The molecule has 0 saturated carbocycles. The third kappa shape index (κ3) is 3.60. The molecule has 0 saturated heterocycles. The fraction of sp³-hybridized carbons (Fsp3) is 0.0500. The van der Waals surface area contributed by atoms with E-state index >= 15 is 0 Å². The molecule has 0 aliphatic heterocycles. The standard InChI is InChI=1S/C20H15N3O2S/c24-19(21-16-8-3-6-14-5-1-2-7-15(14)16)13-26-20-11-10-17(22-23-20)18-9-4-12-25-18/h1-12H,13H2,(H,21,24). The van der Waals surface area contributed by atoms with Crippen molar-refractivity contribution in [2.24, 2.45) is 0 Å². The molecule has 0 bridgehead atoms. The van der Waals surface area contributed by atoms with Gasteiger partial charge in [0.25, 0.3) is 0 Å². The molecule has 0 aliphatic rings. The summed E-state index contributed by atoms with van der Waals surface area (Å²) >= 11 is 1.34. The molecule has 0 radical (unpaired) electrons. The highest BCUT2D eigenvalue weighted by atomic mass is 32.2. The number of rotatable bonds is 5. The highest BCUT2D eigenvalue weighted by Crippen LogP contribution is 2.24. The Morgan fingerprint density at radius 3 is 2.65 bits per heavy atom. The lowest BCUT2D eigenvalue weighted by Gasteiger charge is -2.08. The normalized spacial score (nSPS) is 10.8. The minimum Gasteiger partial charge on any atom is -0.463 e. The first kappa shape index (κ1) is 16.4. The number of nitrogens with zero attached hydrogens (tertiary/aromatic N) is 2. The van der Waals surface area contributed by atoms with Crippen LogP contribution in [0, 0.1) is 0 Å². The maximum atomic E-state index is 12.3. The molecule has 6 heteroatoms. The number of amides is 1. The fourth-order valence-corrected chi connectivity index (χ4v) is 3.23. The van der Waals surface area contributed by atoms with E-state index in [2.05, 4.69) is 15.5 Å². The van der Waals surface area contributed by atoms with Crippen LogP contribution in [0.3, 0.4) is 0 Å². The molecule has 0 unspecified atom stereocenters. The van der Waals surface area contributed by atoms with Gasteiger partial charge in [0.2, 0.25) is 5.91 Å². The molecule has 2 aromatic carbocycles. The van der Waals surface area contributed by atoms with Crippen LogP contribution in [-0.2, 0) is 4.79 Å². The fourth-order valence-electron chi connectivity index (χ4n) is 2.61. The van der Waals surface area contributed by atoms with Crippen LogP contribution < -0.4 is 5.32 Å². The van der Waals surface area contributed by atoms with Crippen LogP contribution in [0.5, 0.6) is 0 Å². The molecule has 4 rings (SSSR count). The van der Waals surface area contributed by atoms with Gasteiger partial charge in [-0.2, -0.15) is 0 Å². The minimum atomic E-state index is -0.0803. The van der Waals surface area contributed by atoms with Crippen molar-refractivity contribution in [3.63, 3.8) is 0 Å². The van der Waals surface area contributed by atoms with E-state index in [4.69, 9.17) is 4.42 Å². The maximum absolute atomic E-state index is 12.3. The monoisotopic (exact) mass is 361 g/mol. The second-order valence-electron chi connectivity index (χ2n) is 5.60. The third-order valence-corrected chi connectivity index (χ3v) is 4.75. The van der Waals surface area contributed by atoms with Crippen LogP contribution in [0.4, 0.5) is 5.69 Å². The Labute approximate surface area is 154 Å². The number of benzene rings is 2. The quantitative estimate of drug-likeness (QED) is 0.525. The molecular formula is C20H15N3O2S. The maximum Gasteiger partial charge on any atom is 0.234 e. The Bertz CT molecular complexity index is 1030. The summed E-state index contributed by atoms with van der Waals surface area (Å²) in [5.41, 5.74) is 1.48.